The van der Waals surface area contributed by atoms with E-state index < -0.39 is 0 Å². The topological polar surface area (TPSA) is 20.2 Å². The molecule has 0 bridgehead atoms. The van der Waals surface area contributed by atoms with E-state index in [9.17, 15) is 5.11 Å². The third kappa shape index (κ3) is 14.9. The summed E-state index contributed by atoms with van der Waals surface area (Å²) >= 11 is 0. The second kappa shape index (κ2) is 19.6. The fourth-order valence-corrected chi connectivity index (χ4v) is 2.70. The van der Waals surface area contributed by atoms with Gasteiger partial charge in [0.25, 0.3) is 0 Å². The minimum atomic E-state index is 0. The average Bonchev–Trinajstić information content (AvgIpc) is 2.99. The number of hydrogen-bond acceptors (Lipinski definition) is 1. The predicted octanol–water partition coefficient (Wildman–Crippen LogP) is 7.39. The Hall–Kier alpha value is -0.206. The number of unbranched alkanes of at least 4 members (excludes halogenated alkanes) is 4. The van der Waals surface area contributed by atoms with Gasteiger partial charge in [0.2, 0.25) is 0 Å². The van der Waals surface area contributed by atoms with Crippen molar-refractivity contribution in [2.45, 2.75) is 78.6 Å². The molecule has 0 fully saturated rings. The number of aromatic hydroxyl groups is 1. The molecule has 0 saturated heterocycles. The van der Waals surface area contributed by atoms with Crippen LogP contribution >= 0.6 is 24.8 Å². The Morgan fingerprint density at radius 3 is 1.69 bits per heavy atom. The molecule has 0 saturated carbocycles. The number of benzene rings is 1. The molecule has 1 aromatic carbocycles. The van der Waals surface area contributed by atoms with Crippen molar-refractivity contribution in [2.24, 2.45) is 0 Å². The number of aryl methyl sites for hydroxylation is 2. The first-order chi connectivity index (χ1) is 11.2. The van der Waals surface area contributed by atoms with Gasteiger partial charge in [-0.05, 0) is 48.9 Å². The van der Waals surface area contributed by atoms with Gasteiger partial charge in [-0.2, -0.15) is 6.08 Å². The molecule has 2 rings (SSSR count). The van der Waals surface area contributed by atoms with E-state index in [1.807, 2.05) is 12.1 Å². The normalized spacial score (nSPS) is 11.3. The SMILES string of the molecule is CC1=[C-]CC=C1.CCCCCc1cc(O)cc(CCCCC)c1.Cl.Cl.[Ti]. The van der Waals surface area contributed by atoms with Crippen molar-refractivity contribution in [1.29, 1.82) is 0 Å². The summed E-state index contributed by atoms with van der Waals surface area (Å²) < 4.78 is 0. The van der Waals surface area contributed by atoms with Gasteiger partial charge in [-0.15, -0.1) is 31.2 Å². The minimum Gasteiger partial charge on any atom is -0.508 e. The van der Waals surface area contributed by atoms with Crippen LogP contribution in [-0.2, 0) is 34.6 Å². The van der Waals surface area contributed by atoms with Crippen LogP contribution in [0.15, 0.2) is 35.9 Å². The molecule has 1 N–H and O–H groups in total. The Morgan fingerprint density at radius 1 is 0.885 bits per heavy atom. The quantitative estimate of drug-likeness (QED) is 0.257. The van der Waals surface area contributed by atoms with Crippen molar-refractivity contribution in [1.82, 2.24) is 0 Å². The first-order valence-corrected chi connectivity index (χ1v) is 9.21. The molecule has 1 aromatic rings. The van der Waals surface area contributed by atoms with E-state index in [1.165, 1.54) is 55.2 Å². The fraction of sp³-hybridized carbons (Fsp3) is 0.545. The monoisotopic (exact) mass is 433 g/mol. The van der Waals surface area contributed by atoms with Crippen LogP contribution in [0.25, 0.3) is 0 Å². The Bertz CT molecular complexity index is 482. The zero-order valence-corrected chi connectivity index (χ0v) is 19.7. The summed E-state index contributed by atoms with van der Waals surface area (Å²) in [5, 5.41) is 9.71. The zero-order valence-electron chi connectivity index (χ0n) is 16.5. The summed E-state index contributed by atoms with van der Waals surface area (Å²) in [6, 6.07) is 6.10. The molecule has 0 spiro atoms. The summed E-state index contributed by atoms with van der Waals surface area (Å²) in [4.78, 5) is 0. The summed E-state index contributed by atoms with van der Waals surface area (Å²) in [5.41, 5.74) is 3.87. The molecule has 148 valence electrons. The Balaban J connectivity index is -0.000000503. The number of phenolic OH excluding ortho intramolecular Hbond substituents is 1. The van der Waals surface area contributed by atoms with Crippen molar-refractivity contribution in [3.63, 3.8) is 0 Å². The standard InChI is InChI=1S/C16H26O.C6H7.2ClH.Ti/c1-3-5-7-9-14-11-15(10-8-6-4-2)13-16(17)12-14;1-6-4-2-3-5-6;;;/h11-13,17H,3-10H2,1-2H3;2,4H,3H2,1H3;2*1H;/q;-1;;;. The Labute approximate surface area is 188 Å². The molecule has 1 aliphatic carbocycles. The maximum Gasteiger partial charge on any atom is 0.116 e. The van der Waals surface area contributed by atoms with Crippen LogP contribution in [0.5, 0.6) is 5.75 Å². The van der Waals surface area contributed by atoms with Gasteiger partial charge >= 0.3 is 0 Å². The van der Waals surface area contributed by atoms with Crippen LogP contribution < -0.4 is 0 Å². The van der Waals surface area contributed by atoms with E-state index in [-0.39, 0.29) is 46.5 Å². The van der Waals surface area contributed by atoms with Gasteiger partial charge in [-0.3, -0.25) is 6.08 Å². The van der Waals surface area contributed by atoms with E-state index in [0.717, 1.165) is 19.3 Å². The van der Waals surface area contributed by atoms with Crippen molar-refractivity contribution in [3.8, 4) is 5.75 Å². The van der Waals surface area contributed by atoms with Gasteiger partial charge in [0, 0.05) is 21.7 Å². The summed E-state index contributed by atoms with van der Waals surface area (Å²) in [6.07, 6.45) is 18.1. The number of halogens is 2. The summed E-state index contributed by atoms with van der Waals surface area (Å²) in [6.45, 7) is 6.50. The number of rotatable bonds is 8. The average molecular weight is 434 g/mol. The first-order valence-electron chi connectivity index (χ1n) is 9.21. The molecule has 1 aliphatic rings. The van der Waals surface area contributed by atoms with E-state index in [2.05, 4.69) is 45.1 Å². The summed E-state index contributed by atoms with van der Waals surface area (Å²) in [7, 11) is 0. The number of phenols is 1. The number of hydrogen-bond donors (Lipinski definition) is 1. The van der Waals surface area contributed by atoms with E-state index >= 15 is 0 Å². The van der Waals surface area contributed by atoms with Crippen LogP contribution in [0.4, 0.5) is 0 Å². The molecule has 0 unspecified atom stereocenters. The van der Waals surface area contributed by atoms with Crippen LogP contribution in [0.3, 0.4) is 0 Å². The van der Waals surface area contributed by atoms with Crippen LogP contribution in [0, 0.1) is 6.08 Å². The maximum atomic E-state index is 9.71. The van der Waals surface area contributed by atoms with Crippen molar-refractivity contribution < 1.29 is 26.8 Å². The molecule has 4 heteroatoms. The largest absolute Gasteiger partial charge is 0.508 e. The van der Waals surface area contributed by atoms with Gasteiger partial charge in [-0.1, -0.05) is 52.5 Å². The zero-order chi connectivity index (χ0) is 16.9. The molecular formula is C22H35Cl2OTi-. The van der Waals surface area contributed by atoms with Gasteiger partial charge in [0.15, 0.2) is 0 Å². The second-order valence-electron chi connectivity index (χ2n) is 6.39. The van der Waals surface area contributed by atoms with Gasteiger partial charge < -0.3 is 5.11 Å². The molecule has 0 heterocycles. The van der Waals surface area contributed by atoms with Crippen molar-refractivity contribution in [3.05, 3.63) is 53.1 Å². The second-order valence-corrected chi connectivity index (χ2v) is 6.39. The van der Waals surface area contributed by atoms with Crippen LogP contribution in [0.1, 0.15) is 76.8 Å². The molecule has 0 aliphatic heterocycles. The molecule has 0 radical (unpaired) electrons. The van der Waals surface area contributed by atoms with Gasteiger partial charge in [-0.25, -0.2) is 11.6 Å². The summed E-state index contributed by atoms with van der Waals surface area (Å²) in [5.74, 6) is 0.436. The third-order valence-corrected chi connectivity index (χ3v) is 4.04. The molecule has 0 atom stereocenters. The Morgan fingerprint density at radius 2 is 1.38 bits per heavy atom. The van der Waals surface area contributed by atoms with Crippen molar-refractivity contribution in [2.75, 3.05) is 0 Å². The molecule has 0 aromatic heterocycles. The predicted molar refractivity (Wildman–Crippen MR) is 115 cm³/mol. The molecular weight excluding hydrogens is 399 g/mol. The first kappa shape index (κ1) is 30.5. The van der Waals surface area contributed by atoms with Gasteiger partial charge in [0.05, 0.1) is 0 Å². The van der Waals surface area contributed by atoms with Crippen LogP contribution in [-0.4, -0.2) is 5.11 Å². The molecule has 26 heavy (non-hydrogen) atoms. The van der Waals surface area contributed by atoms with Crippen molar-refractivity contribution >= 4 is 24.8 Å². The number of allylic oxidation sites excluding steroid dienone is 4. The van der Waals surface area contributed by atoms with E-state index in [1.54, 1.807) is 0 Å². The fourth-order valence-electron chi connectivity index (χ4n) is 2.70. The van der Waals surface area contributed by atoms with E-state index in [4.69, 9.17) is 0 Å². The van der Waals surface area contributed by atoms with E-state index in [0.29, 0.717) is 5.75 Å². The smallest absolute Gasteiger partial charge is 0.116 e. The molecule has 0 amide bonds. The minimum absolute atomic E-state index is 0. The third-order valence-electron chi connectivity index (χ3n) is 4.04. The van der Waals surface area contributed by atoms with Gasteiger partial charge in [0.1, 0.15) is 5.75 Å². The van der Waals surface area contributed by atoms with Crippen LogP contribution in [0.2, 0.25) is 0 Å². The molecule has 1 nitrogen and oxygen atoms in total. The Kier molecular flexibility index (Phi) is 23.0. The maximum absolute atomic E-state index is 9.71.